The molecule has 0 fully saturated rings. The molecule has 7 nitrogen and oxygen atoms in total. The molecule has 2 N–H and O–H groups in total. The average Bonchev–Trinajstić information content (AvgIpc) is 2.99. The number of guanidine groups is 1. The molecule has 2 rings (SSSR count). The van der Waals surface area contributed by atoms with E-state index in [9.17, 15) is 0 Å². The number of fused-ring (bicyclic) bond motifs is 1. The normalized spacial score (nSPS) is 11.3. The van der Waals surface area contributed by atoms with Crippen molar-refractivity contribution in [3.05, 3.63) is 30.2 Å². The first kappa shape index (κ1) is 20.6. The van der Waals surface area contributed by atoms with Gasteiger partial charge in [0.25, 0.3) is 0 Å². The number of aromatic nitrogens is 3. The highest BCUT2D eigenvalue weighted by Crippen LogP contribution is 2.03. The lowest BCUT2D eigenvalue weighted by atomic mass is 10.4. The van der Waals surface area contributed by atoms with Crippen molar-refractivity contribution in [2.45, 2.75) is 33.2 Å². The van der Waals surface area contributed by atoms with Gasteiger partial charge < -0.3 is 15.4 Å². The van der Waals surface area contributed by atoms with Crippen LogP contribution >= 0.6 is 24.0 Å². The van der Waals surface area contributed by atoms with Crippen molar-refractivity contribution in [3.63, 3.8) is 0 Å². The molecule has 24 heavy (non-hydrogen) atoms. The molecule has 0 amide bonds. The minimum atomic E-state index is 0. The molecule has 0 unspecified atom stereocenters. The predicted molar refractivity (Wildman–Crippen MR) is 107 cm³/mol. The third kappa shape index (κ3) is 6.60. The lowest BCUT2D eigenvalue weighted by Gasteiger charge is -2.11. The fourth-order valence-electron chi connectivity index (χ4n) is 2.08. The van der Waals surface area contributed by atoms with E-state index in [-0.39, 0.29) is 24.0 Å². The third-order valence-corrected chi connectivity index (χ3v) is 3.29. The summed E-state index contributed by atoms with van der Waals surface area (Å²) in [5.41, 5.74) is 0.833. The van der Waals surface area contributed by atoms with Gasteiger partial charge in [0.2, 0.25) is 0 Å². The summed E-state index contributed by atoms with van der Waals surface area (Å²) in [6, 6.07) is 5.83. The van der Waals surface area contributed by atoms with E-state index in [1.165, 1.54) is 0 Å². The van der Waals surface area contributed by atoms with Crippen molar-refractivity contribution in [1.82, 2.24) is 25.2 Å². The van der Waals surface area contributed by atoms with E-state index >= 15 is 0 Å². The highest BCUT2D eigenvalue weighted by atomic mass is 127. The zero-order chi connectivity index (χ0) is 16.3. The number of hydrogen-bond acceptors (Lipinski definition) is 4. The zero-order valence-corrected chi connectivity index (χ0v) is 16.7. The summed E-state index contributed by atoms with van der Waals surface area (Å²) in [6.07, 6.45) is 4.21. The Morgan fingerprint density at radius 3 is 2.88 bits per heavy atom. The van der Waals surface area contributed by atoms with Crippen molar-refractivity contribution >= 4 is 35.6 Å². The van der Waals surface area contributed by atoms with Gasteiger partial charge in [0, 0.05) is 25.9 Å². The van der Waals surface area contributed by atoms with E-state index in [2.05, 4.69) is 32.7 Å². The Labute approximate surface area is 160 Å². The number of unbranched alkanes of at least 4 members (excludes halogenated alkanes) is 1. The number of halogens is 1. The maximum absolute atomic E-state index is 5.54. The topological polar surface area (TPSA) is 75.8 Å². The van der Waals surface area contributed by atoms with Crippen LogP contribution in [0.15, 0.2) is 29.4 Å². The summed E-state index contributed by atoms with van der Waals surface area (Å²) in [5, 5.41) is 14.8. The van der Waals surface area contributed by atoms with Gasteiger partial charge in [-0.25, -0.2) is 4.99 Å². The second-order valence-corrected chi connectivity index (χ2v) is 5.13. The van der Waals surface area contributed by atoms with Gasteiger partial charge in [0.15, 0.2) is 17.4 Å². The van der Waals surface area contributed by atoms with Gasteiger partial charge in [0.05, 0.1) is 6.61 Å². The molecule has 0 radical (unpaired) electrons. The first-order valence-electron chi connectivity index (χ1n) is 8.23. The summed E-state index contributed by atoms with van der Waals surface area (Å²) in [5.74, 6) is 1.58. The molecule has 2 aromatic heterocycles. The van der Waals surface area contributed by atoms with Crippen LogP contribution in [0.2, 0.25) is 0 Å². The number of nitrogens with one attached hydrogen (secondary N) is 2. The van der Waals surface area contributed by atoms with E-state index in [1.54, 1.807) is 0 Å². The summed E-state index contributed by atoms with van der Waals surface area (Å²) < 4.78 is 7.48. The van der Waals surface area contributed by atoms with Crippen LogP contribution in [0.5, 0.6) is 0 Å². The minimum absolute atomic E-state index is 0. The lowest BCUT2D eigenvalue weighted by Crippen LogP contribution is -2.39. The summed E-state index contributed by atoms with van der Waals surface area (Å²) in [7, 11) is 0. The number of ether oxygens (including phenoxy) is 1. The molecule has 0 saturated heterocycles. The van der Waals surface area contributed by atoms with E-state index in [0.29, 0.717) is 13.2 Å². The number of rotatable bonds is 9. The van der Waals surface area contributed by atoms with E-state index in [1.807, 2.05) is 35.7 Å². The fourth-order valence-corrected chi connectivity index (χ4v) is 2.08. The van der Waals surface area contributed by atoms with Gasteiger partial charge in [-0.2, -0.15) is 0 Å². The lowest BCUT2D eigenvalue weighted by molar-refractivity contribution is 0.136. The number of hydrogen-bond donors (Lipinski definition) is 2. The largest absolute Gasteiger partial charge is 0.380 e. The summed E-state index contributed by atoms with van der Waals surface area (Å²) >= 11 is 0. The summed E-state index contributed by atoms with van der Waals surface area (Å²) in [6.45, 7) is 7.71. The van der Waals surface area contributed by atoms with E-state index in [0.717, 1.165) is 50.0 Å². The van der Waals surface area contributed by atoms with Crippen molar-refractivity contribution in [1.29, 1.82) is 0 Å². The quantitative estimate of drug-likeness (QED) is 0.268. The van der Waals surface area contributed by atoms with Crippen molar-refractivity contribution in [2.75, 3.05) is 26.3 Å². The predicted octanol–water partition coefficient (Wildman–Crippen LogP) is 2.22. The molecule has 0 aliphatic heterocycles. The molecule has 2 aromatic rings. The van der Waals surface area contributed by atoms with Crippen molar-refractivity contribution in [3.8, 4) is 0 Å². The molecule has 0 aliphatic carbocycles. The Morgan fingerprint density at radius 2 is 2.08 bits per heavy atom. The third-order valence-electron chi connectivity index (χ3n) is 3.29. The van der Waals surface area contributed by atoms with Crippen LogP contribution in [-0.4, -0.2) is 46.9 Å². The van der Waals surface area contributed by atoms with Crippen LogP contribution in [0, 0.1) is 0 Å². The molecule has 8 heteroatoms. The fraction of sp³-hybridized carbons (Fsp3) is 0.562. The van der Waals surface area contributed by atoms with Crippen LogP contribution in [0.25, 0.3) is 5.65 Å². The maximum Gasteiger partial charge on any atom is 0.191 e. The molecular formula is C16H27IN6O. The van der Waals surface area contributed by atoms with Gasteiger partial charge in [-0.05, 0) is 25.5 Å². The smallest absolute Gasteiger partial charge is 0.191 e. The molecular weight excluding hydrogens is 419 g/mol. The molecule has 0 bridgehead atoms. The molecule has 0 spiro atoms. The Morgan fingerprint density at radius 1 is 1.21 bits per heavy atom. The highest BCUT2D eigenvalue weighted by Gasteiger charge is 2.04. The second kappa shape index (κ2) is 12.0. The van der Waals surface area contributed by atoms with E-state index in [4.69, 9.17) is 4.74 Å². The van der Waals surface area contributed by atoms with Crippen LogP contribution in [0.1, 0.15) is 32.5 Å². The van der Waals surface area contributed by atoms with E-state index < -0.39 is 0 Å². The van der Waals surface area contributed by atoms with Crippen molar-refractivity contribution in [2.24, 2.45) is 4.99 Å². The SMILES string of the molecule is CCCCOCCNC(=NCc1nnc2ccccn12)NCC.I. The first-order valence-corrected chi connectivity index (χ1v) is 8.23. The number of nitrogens with zero attached hydrogens (tertiary/aromatic N) is 4. The van der Waals surface area contributed by atoms with Crippen LogP contribution < -0.4 is 10.6 Å². The Bertz CT molecular complexity index is 615. The van der Waals surface area contributed by atoms with Crippen LogP contribution in [0.4, 0.5) is 0 Å². The zero-order valence-electron chi connectivity index (χ0n) is 14.4. The monoisotopic (exact) mass is 446 g/mol. The Kier molecular flexibility index (Phi) is 10.3. The van der Waals surface area contributed by atoms with Gasteiger partial charge in [-0.15, -0.1) is 34.2 Å². The Balaban J connectivity index is 0.00000288. The molecule has 0 atom stereocenters. The first-order chi connectivity index (χ1) is 11.3. The van der Waals surface area contributed by atoms with Gasteiger partial charge in [0.1, 0.15) is 6.54 Å². The number of pyridine rings is 1. The van der Waals surface area contributed by atoms with Gasteiger partial charge in [-0.3, -0.25) is 4.40 Å². The van der Waals surface area contributed by atoms with Crippen LogP contribution in [-0.2, 0) is 11.3 Å². The van der Waals surface area contributed by atoms with Crippen LogP contribution in [0.3, 0.4) is 0 Å². The number of aliphatic imine (C=N–C) groups is 1. The maximum atomic E-state index is 5.54. The average molecular weight is 446 g/mol. The van der Waals surface area contributed by atoms with Crippen molar-refractivity contribution < 1.29 is 4.74 Å². The highest BCUT2D eigenvalue weighted by molar-refractivity contribution is 14.0. The standard InChI is InChI=1S/C16H26N6O.HI/c1-3-5-11-23-12-9-18-16(17-4-2)19-13-15-21-20-14-8-6-7-10-22(14)15;/h6-8,10H,3-5,9,11-13H2,1-2H3,(H2,17,18,19);1H. The Hall–Kier alpha value is -1.42. The van der Waals surface area contributed by atoms with Gasteiger partial charge in [-0.1, -0.05) is 19.4 Å². The molecule has 0 aliphatic rings. The summed E-state index contributed by atoms with van der Waals surface area (Å²) in [4.78, 5) is 4.56. The molecule has 134 valence electrons. The molecule has 0 saturated carbocycles. The van der Waals surface area contributed by atoms with Gasteiger partial charge >= 0.3 is 0 Å². The molecule has 0 aromatic carbocycles. The second-order valence-electron chi connectivity index (χ2n) is 5.13. The molecule has 2 heterocycles. The minimum Gasteiger partial charge on any atom is -0.380 e.